The minimum atomic E-state index is -0.839. The molecule has 0 saturated carbocycles. The first kappa shape index (κ1) is 33.3. The van der Waals surface area contributed by atoms with Gasteiger partial charge in [-0.1, -0.05) is 24.3 Å². The Hall–Kier alpha value is -4.95. The van der Waals surface area contributed by atoms with Crippen LogP contribution in [0.1, 0.15) is 49.7 Å². The summed E-state index contributed by atoms with van der Waals surface area (Å²) >= 11 is 0. The summed E-state index contributed by atoms with van der Waals surface area (Å²) in [5, 5.41) is 21.3. The van der Waals surface area contributed by atoms with Crippen molar-refractivity contribution in [3.63, 3.8) is 0 Å². The van der Waals surface area contributed by atoms with E-state index in [1.54, 1.807) is 48.5 Å². The Morgan fingerprint density at radius 2 is 1.31 bits per heavy atom. The number of ether oxygens (including phenoxy) is 3. The Morgan fingerprint density at radius 3 is 1.81 bits per heavy atom. The molecule has 1 unspecified atom stereocenters. The molecular weight excluding hydrogens is 558 g/mol. The summed E-state index contributed by atoms with van der Waals surface area (Å²) in [6, 6.07) is 13.4. The van der Waals surface area contributed by atoms with Gasteiger partial charge in [-0.25, -0.2) is 4.79 Å². The number of rotatable bonds is 21. The molecule has 0 aromatic heterocycles. The molecular formula is C27H33N3O12. The van der Waals surface area contributed by atoms with E-state index in [-0.39, 0.29) is 26.1 Å². The number of hydrogen-bond donors (Lipinski definition) is 1. The number of nitrogens with one attached hydrogen (secondary N) is 1. The van der Waals surface area contributed by atoms with Crippen LogP contribution in [-0.4, -0.2) is 54.6 Å². The van der Waals surface area contributed by atoms with Gasteiger partial charge in [0.25, 0.3) is 16.6 Å². The molecule has 0 saturated heterocycles. The van der Waals surface area contributed by atoms with Gasteiger partial charge in [0.15, 0.2) is 0 Å². The maximum absolute atomic E-state index is 12.3. The van der Waals surface area contributed by atoms with Gasteiger partial charge in [0, 0.05) is 6.54 Å². The van der Waals surface area contributed by atoms with Gasteiger partial charge >= 0.3 is 12.1 Å². The van der Waals surface area contributed by atoms with E-state index in [1.807, 2.05) is 0 Å². The fourth-order valence-electron chi connectivity index (χ4n) is 3.77. The van der Waals surface area contributed by atoms with E-state index < -0.39 is 28.3 Å². The van der Waals surface area contributed by atoms with E-state index in [1.165, 1.54) is 0 Å². The summed E-state index contributed by atoms with van der Waals surface area (Å²) in [6.07, 6.45) is 2.08. The number of nitrogens with zero attached hydrogens (tertiary/aromatic N) is 2. The quantitative estimate of drug-likeness (QED) is 0.0552. The van der Waals surface area contributed by atoms with Gasteiger partial charge in [-0.15, -0.1) is 20.2 Å². The Morgan fingerprint density at radius 1 is 0.786 bits per heavy atom. The topological polar surface area (TPSA) is 196 Å². The molecule has 15 heteroatoms. The summed E-state index contributed by atoms with van der Waals surface area (Å²) < 4.78 is 15.5. The van der Waals surface area contributed by atoms with Crippen molar-refractivity contribution in [3.05, 3.63) is 79.9 Å². The molecule has 42 heavy (non-hydrogen) atoms. The second-order valence-electron chi connectivity index (χ2n) is 8.95. The summed E-state index contributed by atoms with van der Waals surface area (Å²) in [4.78, 5) is 64.1. The van der Waals surface area contributed by atoms with Crippen molar-refractivity contribution in [2.45, 2.75) is 57.5 Å². The summed E-state index contributed by atoms with van der Waals surface area (Å²) in [5.74, 6) is 0.0778. The minimum absolute atomic E-state index is 0.00429. The molecule has 0 heterocycles. The van der Waals surface area contributed by atoms with E-state index in [9.17, 15) is 34.6 Å². The van der Waals surface area contributed by atoms with Crippen molar-refractivity contribution in [1.82, 2.24) is 5.32 Å². The molecule has 0 spiro atoms. The minimum Gasteiger partial charge on any atom is -0.464 e. The van der Waals surface area contributed by atoms with E-state index >= 15 is 0 Å². The molecule has 0 aliphatic carbocycles. The van der Waals surface area contributed by atoms with Crippen molar-refractivity contribution < 1.29 is 48.4 Å². The molecule has 2 aromatic rings. The van der Waals surface area contributed by atoms with Crippen molar-refractivity contribution in [2.24, 2.45) is 0 Å². The zero-order valence-electron chi connectivity index (χ0n) is 22.8. The zero-order chi connectivity index (χ0) is 30.6. The number of unbranched alkanes of at least 4 members (excludes halogenated alkanes) is 1. The molecule has 1 atom stereocenters. The van der Waals surface area contributed by atoms with Crippen molar-refractivity contribution in [3.8, 4) is 11.5 Å². The summed E-state index contributed by atoms with van der Waals surface area (Å²) in [7, 11) is 0. The Labute approximate surface area is 241 Å². The van der Waals surface area contributed by atoms with Gasteiger partial charge in [0.1, 0.15) is 17.6 Å². The van der Waals surface area contributed by atoms with E-state index in [4.69, 9.17) is 14.2 Å². The third-order valence-electron chi connectivity index (χ3n) is 5.77. The smallest absolute Gasteiger partial charge is 0.412 e. The first-order chi connectivity index (χ1) is 20.2. The molecule has 0 aliphatic heterocycles. The van der Waals surface area contributed by atoms with Gasteiger partial charge in [-0.3, -0.25) is 9.59 Å². The van der Waals surface area contributed by atoms with Crippen LogP contribution in [0.15, 0.2) is 48.5 Å². The summed E-state index contributed by atoms with van der Waals surface area (Å²) in [5.41, 5.74) is 1.81. The Balaban J connectivity index is 1.62. The predicted molar refractivity (Wildman–Crippen MR) is 144 cm³/mol. The molecule has 2 rings (SSSR count). The third kappa shape index (κ3) is 15.0. The van der Waals surface area contributed by atoms with Crippen LogP contribution in [0.2, 0.25) is 0 Å². The van der Waals surface area contributed by atoms with Crippen LogP contribution in [0.3, 0.4) is 0 Å². The fourth-order valence-corrected chi connectivity index (χ4v) is 3.77. The monoisotopic (exact) mass is 591 g/mol. The lowest BCUT2D eigenvalue weighted by Crippen LogP contribution is -2.28. The largest absolute Gasteiger partial charge is 0.464 e. The predicted octanol–water partition coefficient (Wildman–Crippen LogP) is 3.76. The zero-order valence-corrected chi connectivity index (χ0v) is 22.8. The standard InChI is InChI=1S/C27H33N3O12/c31-20-38-25(19-26(32)41-23-12-8-21(9-13-23)5-3-17-39-29(34)35)7-1-2-16-28-27(33)42-24-14-10-22(11-15-24)6-4-18-40-30(36)37/h8-15,20,25H,1-7,16-19H2,(H,28,33). The fraction of sp³-hybridized carbons (Fsp3) is 0.444. The van der Waals surface area contributed by atoms with Crippen LogP contribution in [0.5, 0.6) is 11.5 Å². The Bertz CT molecular complexity index is 1140. The molecule has 2 aromatic carbocycles. The lowest BCUT2D eigenvalue weighted by molar-refractivity contribution is -0.757. The van der Waals surface area contributed by atoms with Gasteiger partial charge in [0.05, 0.1) is 19.6 Å². The number of carbonyl (C=O) groups is 3. The normalized spacial score (nSPS) is 11.0. The highest BCUT2D eigenvalue weighted by atomic mass is 17.0. The highest BCUT2D eigenvalue weighted by molar-refractivity contribution is 5.73. The van der Waals surface area contributed by atoms with Crippen LogP contribution in [-0.2, 0) is 36.8 Å². The second kappa shape index (κ2) is 19.2. The molecule has 1 N–H and O–H groups in total. The number of amides is 1. The lowest BCUT2D eigenvalue weighted by atomic mass is 10.1. The first-order valence-electron chi connectivity index (χ1n) is 13.2. The van der Waals surface area contributed by atoms with Crippen LogP contribution < -0.4 is 14.8 Å². The molecule has 228 valence electrons. The van der Waals surface area contributed by atoms with Crippen LogP contribution >= 0.6 is 0 Å². The van der Waals surface area contributed by atoms with Gasteiger partial charge in [0.2, 0.25) is 0 Å². The third-order valence-corrected chi connectivity index (χ3v) is 5.77. The molecule has 0 bridgehead atoms. The average Bonchev–Trinajstić information content (AvgIpc) is 2.95. The van der Waals surface area contributed by atoms with Crippen molar-refractivity contribution in [2.75, 3.05) is 19.8 Å². The summed E-state index contributed by atoms with van der Waals surface area (Å²) in [6.45, 7) is 0.573. The van der Waals surface area contributed by atoms with E-state index in [2.05, 4.69) is 15.0 Å². The second-order valence-corrected chi connectivity index (χ2v) is 8.95. The number of carbonyl (C=O) groups excluding carboxylic acids is 3. The van der Waals surface area contributed by atoms with Crippen LogP contribution in [0.4, 0.5) is 4.79 Å². The van der Waals surface area contributed by atoms with Crippen LogP contribution in [0, 0.1) is 20.2 Å². The first-order valence-corrected chi connectivity index (χ1v) is 13.2. The van der Waals surface area contributed by atoms with Gasteiger partial charge in [-0.2, -0.15) is 0 Å². The SMILES string of the molecule is O=COC(CCCCNC(=O)Oc1ccc(CCCO[N+](=O)[O-])cc1)CC(=O)Oc1ccc(CCCO[N+](=O)[O-])cc1. The van der Waals surface area contributed by atoms with Gasteiger partial charge < -0.3 is 29.2 Å². The van der Waals surface area contributed by atoms with E-state index in [0.717, 1.165) is 11.1 Å². The average molecular weight is 592 g/mol. The number of esters is 1. The number of hydrogen-bond acceptors (Lipinski definition) is 12. The molecule has 0 radical (unpaired) electrons. The molecule has 15 nitrogen and oxygen atoms in total. The number of benzene rings is 2. The highest BCUT2D eigenvalue weighted by Crippen LogP contribution is 2.17. The lowest BCUT2D eigenvalue weighted by Gasteiger charge is -2.14. The number of aryl methyl sites for hydroxylation is 2. The Kier molecular flexibility index (Phi) is 15.2. The maximum atomic E-state index is 12.3. The van der Waals surface area contributed by atoms with Crippen molar-refractivity contribution >= 4 is 18.5 Å². The molecule has 1 amide bonds. The molecule has 0 aliphatic rings. The van der Waals surface area contributed by atoms with E-state index in [0.29, 0.717) is 63.0 Å². The van der Waals surface area contributed by atoms with Crippen molar-refractivity contribution in [1.29, 1.82) is 0 Å². The van der Waals surface area contributed by atoms with Crippen LogP contribution in [0.25, 0.3) is 0 Å². The molecule has 0 fully saturated rings. The van der Waals surface area contributed by atoms with Gasteiger partial charge in [-0.05, 0) is 80.3 Å². The maximum Gasteiger partial charge on any atom is 0.412 e. The highest BCUT2D eigenvalue weighted by Gasteiger charge is 2.17.